The highest BCUT2D eigenvalue weighted by atomic mass is 32.2. The van der Waals surface area contributed by atoms with Gasteiger partial charge in [0.1, 0.15) is 24.2 Å². The van der Waals surface area contributed by atoms with Crippen molar-refractivity contribution in [2.45, 2.75) is 44.7 Å². The second-order valence-corrected chi connectivity index (χ2v) is 13.1. The molecule has 0 unspecified atom stereocenters. The largest absolute Gasteiger partial charge is 0.492 e. The van der Waals surface area contributed by atoms with Crippen LogP contribution in [0.4, 0.5) is 10.1 Å². The summed E-state index contributed by atoms with van der Waals surface area (Å²) in [6.45, 7) is 5.71. The van der Waals surface area contributed by atoms with Crippen molar-refractivity contribution < 1.29 is 27.1 Å². The van der Waals surface area contributed by atoms with Crippen molar-refractivity contribution in [1.29, 1.82) is 0 Å². The maximum atomic E-state index is 14.5. The number of para-hydroxylation sites is 2. The number of amides is 2. The maximum absolute atomic E-state index is 14.5. The van der Waals surface area contributed by atoms with Gasteiger partial charge in [0.15, 0.2) is 0 Å². The highest BCUT2D eigenvalue weighted by Gasteiger charge is 2.35. The maximum Gasteiger partial charge on any atom is 0.264 e. The zero-order valence-electron chi connectivity index (χ0n) is 26.3. The first-order valence-electron chi connectivity index (χ1n) is 15.2. The molecule has 10 heteroatoms. The third-order valence-electron chi connectivity index (χ3n) is 7.27. The third-order valence-corrected chi connectivity index (χ3v) is 9.04. The second kappa shape index (κ2) is 16.0. The topological polar surface area (TPSA) is 96.0 Å². The molecule has 0 aliphatic rings. The molecule has 2 amide bonds. The lowest BCUT2D eigenvalue weighted by Crippen LogP contribution is -2.53. The monoisotopic (exact) mass is 645 g/mol. The molecular formula is C36H40FN3O5S. The van der Waals surface area contributed by atoms with Gasteiger partial charge in [-0.05, 0) is 60.4 Å². The molecule has 8 nitrogen and oxygen atoms in total. The lowest BCUT2D eigenvalue weighted by atomic mass is 10.0. The average Bonchev–Trinajstić information content (AvgIpc) is 3.06. The third kappa shape index (κ3) is 8.94. The predicted molar refractivity (Wildman–Crippen MR) is 177 cm³/mol. The molecule has 4 rings (SSSR count). The number of carbonyl (C=O) groups is 2. The Morgan fingerprint density at radius 3 is 2.07 bits per heavy atom. The fourth-order valence-corrected chi connectivity index (χ4v) is 6.38. The fourth-order valence-electron chi connectivity index (χ4n) is 4.94. The molecule has 4 aromatic rings. The van der Waals surface area contributed by atoms with E-state index < -0.39 is 34.3 Å². The summed E-state index contributed by atoms with van der Waals surface area (Å²) in [5.74, 6) is -0.984. The number of nitrogens with zero attached hydrogens (tertiary/aromatic N) is 2. The Kier molecular flexibility index (Phi) is 11.9. The molecule has 0 heterocycles. The van der Waals surface area contributed by atoms with Crippen LogP contribution in [0.3, 0.4) is 0 Å². The number of halogens is 1. The lowest BCUT2D eigenvalue weighted by Gasteiger charge is -2.34. The smallest absolute Gasteiger partial charge is 0.264 e. The van der Waals surface area contributed by atoms with Crippen LogP contribution in [0.25, 0.3) is 0 Å². The fraction of sp³-hybridized carbons (Fsp3) is 0.278. The Morgan fingerprint density at radius 1 is 0.826 bits per heavy atom. The minimum atomic E-state index is -4.27. The van der Waals surface area contributed by atoms with Crippen LogP contribution in [-0.2, 0) is 32.6 Å². The van der Waals surface area contributed by atoms with Crippen molar-refractivity contribution in [3.63, 3.8) is 0 Å². The zero-order valence-corrected chi connectivity index (χ0v) is 27.1. The molecule has 0 spiro atoms. The van der Waals surface area contributed by atoms with Gasteiger partial charge in [-0.15, -0.1) is 0 Å². The quantitative estimate of drug-likeness (QED) is 0.176. The summed E-state index contributed by atoms with van der Waals surface area (Å²) < 4.78 is 49.1. The van der Waals surface area contributed by atoms with Crippen molar-refractivity contribution >= 4 is 27.5 Å². The van der Waals surface area contributed by atoms with Crippen LogP contribution in [0.1, 0.15) is 31.9 Å². The second-order valence-electron chi connectivity index (χ2n) is 11.2. The van der Waals surface area contributed by atoms with E-state index in [9.17, 15) is 22.4 Å². The first-order chi connectivity index (χ1) is 22.1. The van der Waals surface area contributed by atoms with Gasteiger partial charge in [-0.1, -0.05) is 86.6 Å². The SMILES string of the molecule is CCOc1ccccc1N(CC(=O)N(Cc1ccc(F)cc1)[C@H](Cc1ccccc1)C(=O)NCC(C)C)S(=O)(=O)c1ccccc1. The van der Waals surface area contributed by atoms with Crippen molar-refractivity contribution in [1.82, 2.24) is 10.2 Å². The molecule has 0 saturated heterocycles. The van der Waals surface area contributed by atoms with Crippen molar-refractivity contribution in [2.24, 2.45) is 5.92 Å². The van der Waals surface area contributed by atoms with Gasteiger partial charge < -0.3 is 15.0 Å². The van der Waals surface area contributed by atoms with Gasteiger partial charge in [0.25, 0.3) is 10.0 Å². The number of sulfonamides is 1. The van der Waals surface area contributed by atoms with Crippen LogP contribution in [0.15, 0.2) is 114 Å². The molecule has 0 saturated carbocycles. The molecule has 1 atom stereocenters. The van der Waals surface area contributed by atoms with Crippen LogP contribution in [0.5, 0.6) is 5.75 Å². The van der Waals surface area contributed by atoms with Gasteiger partial charge in [-0.3, -0.25) is 13.9 Å². The normalized spacial score (nSPS) is 11.9. The lowest BCUT2D eigenvalue weighted by molar-refractivity contribution is -0.140. The summed E-state index contributed by atoms with van der Waals surface area (Å²) in [5.41, 5.74) is 1.59. The molecule has 4 aromatic carbocycles. The summed E-state index contributed by atoms with van der Waals surface area (Å²) in [6, 6.07) is 28.4. The minimum absolute atomic E-state index is 0.00491. The molecule has 242 valence electrons. The zero-order chi connectivity index (χ0) is 33.1. The van der Waals surface area contributed by atoms with E-state index in [2.05, 4.69) is 5.32 Å². The van der Waals surface area contributed by atoms with Gasteiger partial charge in [0.2, 0.25) is 11.8 Å². The van der Waals surface area contributed by atoms with Crippen molar-refractivity contribution in [2.75, 3.05) is 24.0 Å². The summed E-state index contributed by atoms with van der Waals surface area (Å²) in [5, 5.41) is 2.95. The van der Waals surface area contributed by atoms with E-state index in [4.69, 9.17) is 4.74 Å². The van der Waals surface area contributed by atoms with Gasteiger partial charge >= 0.3 is 0 Å². The Balaban J connectivity index is 1.82. The Morgan fingerprint density at radius 2 is 1.43 bits per heavy atom. The van der Waals surface area contributed by atoms with Gasteiger partial charge in [0, 0.05) is 19.5 Å². The predicted octanol–water partition coefficient (Wildman–Crippen LogP) is 5.83. The standard InChI is InChI=1S/C36H40FN3O5S/c1-4-45-34-18-12-11-17-32(34)40(46(43,44)31-15-9-6-10-16-31)26-35(41)39(25-29-19-21-30(37)22-20-29)33(36(42)38-24-27(2)3)23-28-13-7-5-8-14-28/h5-22,27,33H,4,23-26H2,1-3H3,(H,38,42)/t33-/m1/s1. The average molecular weight is 646 g/mol. The van der Waals surface area contributed by atoms with E-state index in [0.717, 1.165) is 9.87 Å². The summed E-state index contributed by atoms with van der Waals surface area (Å²) >= 11 is 0. The number of hydrogen-bond donors (Lipinski definition) is 1. The minimum Gasteiger partial charge on any atom is -0.492 e. The van der Waals surface area contributed by atoms with Crippen LogP contribution >= 0.6 is 0 Å². The summed E-state index contributed by atoms with van der Waals surface area (Å²) in [7, 11) is -4.27. The van der Waals surface area contributed by atoms with E-state index >= 15 is 0 Å². The highest BCUT2D eigenvalue weighted by Crippen LogP contribution is 2.33. The van der Waals surface area contributed by atoms with Crippen LogP contribution in [0, 0.1) is 11.7 Å². The Hall–Kier alpha value is -4.70. The molecule has 0 bridgehead atoms. The number of rotatable bonds is 15. The molecule has 0 fully saturated rings. The molecule has 0 aliphatic carbocycles. The van der Waals surface area contributed by atoms with E-state index in [1.54, 1.807) is 61.5 Å². The number of carbonyl (C=O) groups excluding carboxylic acids is 2. The number of nitrogens with one attached hydrogen (secondary N) is 1. The van der Waals surface area contributed by atoms with Gasteiger partial charge in [-0.25, -0.2) is 12.8 Å². The Bertz CT molecular complexity index is 1680. The van der Waals surface area contributed by atoms with Crippen LogP contribution in [-0.4, -0.2) is 50.9 Å². The van der Waals surface area contributed by atoms with Crippen LogP contribution < -0.4 is 14.4 Å². The number of anilines is 1. The molecule has 0 aromatic heterocycles. The molecule has 1 N–H and O–H groups in total. The summed E-state index contributed by atoms with van der Waals surface area (Å²) in [6.07, 6.45) is 0.179. The Labute approximate surface area is 270 Å². The van der Waals surface area contributed by atoms with Gasteiger partial charge in [0.05, 0.1) is 17.2 Å². The first-order valence-corrected chi connectivity index (χ1v) is 16.7. The van der Waals surface area contributed by atoms with E-state index in [-0.39, 0.29) is 47.7 Å². The molecule has 0 aliphatic heterocycles. The van der Waals surface area contributed by atoms with E-state index in [0.29, 0.717) is 12.1 Å². The molecule has 0 radical (unpaired) electrons. The molecular weight excluding hydrogens is 605 g/mol. The highest BCUT2D eigenvalue weighted by molar-refractivity contribution is 7.92. The van der Waals surface area contributed by atoms with Gasteiger partial charge in [-0.2, -0.15) is 0 Å². The van der Waals surface area contributed by atoms with Crippen LogP contribution in [0.2, 0.25) is 0 Å². The number of benzene rings is 4. The molecule has 46 heavy (non-hydrogen) atoms. The van der Waals surface area contributed by atoms with Crippen molar-refractivity contribution in [3.8, 4) is 5.75 Å². The first kappa shape index (κ1) is 34.2. The summed E-state index contributed by atoms with van der Waals surface area (Å²) in [4.78, 5) is 29.8. The van der Waals surface area contributed by atoms with E-state index in [1.807, 2.05) is 44.2 Å². The number of hydrogen-bond acceptors (Lipinski definition) is 5. The number of ether oxygens (including phenoxy) is 1. The van der Waals surface area contributed by atoms with E-state index in [1.165, 1.54) is 29.2 Å². The van der Waals surface area contributed by atoms with Crippen molar-refractivity contribution in [3.05, 3.63) is 126 Å².